The van der Waals surface area contributed by atoms with Crippen LogP contribution in [0.2, 0.25) is 0 Å². The minimum absolute atomic E-state index is 0.313. The highest BCUT2D eigenvalue weighted by Crippen LogP contribution is 2.41. The summed E-state index contributed by atoms with van der Waals surface area (Å²) in [5, 5.41) is 0. The molecule has 1 saturated carbocycles. The fraction of sp³-hybridized carbons (Fsp3) is 1.00. The molecule has 1 aliphatic heterocycles. The van der Waals surface area contributed by atoms with E-state index in [9.17, 15) is 0 Å². The van der Waals surface area contributed by atoms with Crippen molar-refractivity contribution in [1.29, 1.82) is 0 Å². The van der Waals surface area contributed by atoms with Crippen LogP contribution in [-0.2, 0) is 0 Å². The van der Waals surface area contributed by atoms with Crippen LogP contribution < -0.4 is 5.73 Å². The predicted octanol–water partition coefficient (Wildman–Crippen LogP) is 2.97. The summed E-state index contributed by atoms with van der Waals surface area (Å²) in [6.07, 6.45) is 5.44. The van der Waals surface area contributed by atoms with Gasteiger partial charge in [0.25, 0.3) is 0 Å². The average molecular weight is 270 g/mol. The second-order valence-electron chi connectivity index (χ2n) is 6.65. The molecule has 2 nitrogen and oxygen atoms in total. The third-order valence-corrected chi connectivity index (χ3v) is 6.35. The molecule has 1 saturated heterocycles. The molecule has 1 heterocycles. The lowest BCUT2D eigenvalue weighted by atomic mass is 9.70. The van der Waals surface area contributed by atoms with Crippen LogP contribution in [0.25, 0.3) is 0 Å². The molecule has 0 spiro atoms. The Balaban J connectivity index is 2.13. The molecular weight excluding hydrogens is 240 g/mol. The molecule has 3 heteroatoms. The van der Waals surface area contributed by atoms with E-state index in [1.165, 1.54) is 43.7 Å². The summed E-state index contributed by atoms with van der Waals surface area (Å²) in [6, 6.07) is 0.707. The van der Waals surface area contributed by atoms with Gasteiger partial charge in [-0.1, -0.05) is 26.7 Å². The van der Waals surface area contributed by atoms with Gasteiger partial charge in [0.2, 0.25) is 0 Å². The summed E-state index contributed by atoms with van der Waals surface area (Å²) >= 11 is 2.10. The van der Waals surface area contributed by atoms with Gasteiger partial charge < -0.3 is 5.73 Å². The highest BCUT2D eigenvalue weighted by molar-refractivity contribution is 7.99. The van der Waals surface area contributed by atoms with Crippen LogP contribution in [0.4, 0.5) is 0 Å². The maximum atomic E-state index is 6.25. The van der Waals surface area contributed by atoms with Crippen LogP contribution in [0.15, 0.2) is 0 Å². The summed E-state index contributed by atoms with van der Waals surface area (Å²) in [4.78, 5) is 2.76. The van der Waals surface area contributed by atoms with E-state index in [1.807, 2.05) is 0 Å². The summed E-state index contributed by atoms with van der Waals surface area (Å²) in [6.45, 7) is 9.25. The van der Waals surface area contributed by atoms with Crippen LogP contribution in [0.5, 0.6) is 0 Å². The Morgan fingerprint density at radius 2 is 2.22 bits per heavy atom. The number of nitrogens with zero attached hydrogens (tertiary/aromatic N) is 1. The normalized spacial score (nSPS) is 39.2. The molecule has 18 heavy (non-hydrogen) atoms. The lowest BCUT2D eigenvalue weighted by molar-refractivity contribution is 0.00741. The molecular formula is C15H30N2S. The SMILES string of the molecule is CC(C)C1CCCC(CN)(N2CCSCC2C)C1. The molecule has 0 aromatic carbocycles. The van der Waals surface area contributed by atoms with E-state index < -0.39 is 0 Å². The molecule has 0 aromatic heterocycles. The fourth-order valence-corrected chi connectivity index (χ4v) is 4.96. The van der Waals surface area contributed by atoms with E-state index in [-0.39, 0.29) is 0 Å². The first-order valence-electron chi connectivity index (χ1n) is 7.63. The van der Waals surface area contributed by atoms with Crippen LogP contribution in [0, 0.1) is 11.8 Å². The summed E-state index contributed by atoms with van der Waals surface area (Å²) < 4.78 is 0. The van der Waals surface area contributed by atoms with E-state index >= 15 is 0 Å². The Kier molecular flexibility index (Phi) is 5.01. The van der Waals surface area contributed by atoms with Crippen molar-refractivity contribution >= 4 is 11.8 Å². The zero-order valence-corrected chi connectivity index (χ0v) is 13.1. The third kappa shape index (κ3) is 2.88. The molecule has 0 amide bonds. The molecule has 3 unspecified atom stereocenters. The molecule has 2 N–H and O–H groups in total. The Morgan fingerprint density at radius 3 is 2.83 bits per heavy atom. The van der Waals surface area contributed by atoms with Crippen molar-refractivity contribution in [2.45, 2.75) is 58.0 Å². The zero-order chi connectivity index (χ0) is 13.2. The summed E-state index contributed by atoms with van der Waals surface area (Å²) in [7, 11) is 0. The minimum atomic E-state index is 0.313. The second kappa shape index (κ2) is 6.15. The Morgan fingerprint density at radius 1 is 1.44 bits per heavy atom. The van der Waals surface area contributed by atoms with E-state index in [0.717, 1.165) is 18.4 Å². The summed E-state index contributed by atoms with van der Waals surface area (Å²) in [5.41, 5.74) is 6.56. The van der Waals surface area contributed by atoms with Gasteiger partial charge in [-0.3, -0.25) is 4.90 Å². The minimum Gasteiger partial charge on any atom is -0.329 e. The van der Waals surface area contributed by atoms with Crippen LogP contribution in [-0.4, -0.2) is 41.1 Å². The van der Waals surface area contributed by atoms with Gasteiger partial charge in [-0.2, -0.15) is 11.8 Å². The van der Waals surface area contributed by atoms with Gasteiger partial charge >= 0.3 is 0 Å². The molecule has 0 bridgehead atoms. The van der Waals surface area contributed by atoms with E-state index in [2.05, 4.69) is 37.4 Å². The first-order chi connectivity index (χ1) is 8.59. The topological polar surface area (TPSA) is 29.3 Å². The Bertz CT molecular complexity index is 269. The predicted molar refractivity (Wildman–Crippen MR) is 82.1 cm³/mol. The third-order valence-electron chi connectivity index (χ3n) is 5.16. The van der Waals surface area contributed by atoms with Gasteiger partial charge in [0, 0.05) is 36.2 Å². The number of thioether (sulfide) groups is 1. The number of nitrogens with two attached hydrogens (primary N) is 1. The number of hydrogen-bond acceptors (Lipinski definition) is 3. The first kappa shape index (κ1) is 14.7. The van der Waals surface area contributed by atoms with E-state index in [4.69, 9.17) is 5.73 Å². The maximum Gasteiger partial charge on any atom is 0.0337 e. The van der Waals surface area contributed by atoms with Gasteiger partial charge in [-0.15, -0.1) is 0 Å². The highest BCUT2D eigenvalue weighted by Gasteiger charge is 2.43. The number of rotatable bonds is 3. The van der Waals surface area contributed by atoms with Gasteiger partial charge in [0.1, 0.15) is 0 Å². The molecule has 1 aliphatic carbocycles. The Labute approximate surface area is 117 Å². The molecule has 2 fully saturated rings. The van der Waals surface area contributed by atoms with Crippen molar-refractivity contribution in [2.75, 3.05) is 24.6 Å². The molecule has 2 aliphatic rings. The lowest BCUT2D eigenvalue weighted by Crippen LogP contribution is -2.61. The van der Waals surface area contributed by atoms with Crippen molar-refractivity contribution in [1.82, 2.24) is 4.90 Å². The molecule has 0 aromatic rings. The fourth-order valence-electron chi connectivity index (χ4n) is 3.95. The van der Waals surface area contributed by atoms with E-state index in [1.54, 1.807) is 0 Å². The molecule has 0 radical (unpaired) electrons. The quantitative estimate of drug-likeness (QED) is 0.855. The van der Waals surface area contributed by atoms with Gasteiger partial charge in [0.15, 0.2) is 0 Å². The van der Waals surface area contributed by atoms with Crippen molar-refractivity contribution in [3.63, 3.8) is 0 Å². The van der Waals surface area contributed by atoms with Gasteiger partial charge in [-0.25, -0.2) is 0 Å². The van der Waals surface area contributed by atoms with E-state index in [0.29, 0.717) is 11.6 Å². The molecule has 106 valence electrons. The van der Waals surface area contributed by atoms with Crippen molar-refractivity contribution < 1.29 is 0 Å². The highest BCUT2D eigenvalue weighted by atomic mass is 32.2. The monoisotopic (exact) mass is 270 g/mol. The standard InChI is InChI=1S/C15H30N2S/c1-12(2)14-5-4-6-15(9-14,11-16)17-7-8-18-10-13(17)3/h12-14H,4-11,16H2,1-3H3. The van der Waals surface area contributed by atoms with Crippen molar-refractivity contribution in [3.05, 3.63) is 0 Å². The van der Waals surface area contributed by atoms with Crippen molar-refractivity contribution in [2.24, 2.45) is 17.6 Å². The first-order valence-corrected chi connectivity index (χ1v) is 8.79. The largest absolute Gasteiger partial charge is 0.329 e. The van der Waals surface area contributed by atoms with Crippen LogP contribution >= 0.6 is 11.8 Å². The Hall–Kier alpha value is 0.270. The van der Waals surface area contributed by atoms with Gasteiger partial charge in [0.05, 0.1) is 0 Å². The summed E-state index contributed by atoms with van der Waals surface area (Å²) in [5.74, 6) is 4.27. The smallest absolute Gasteiger partial charge is 0.0337 e. The molecule has 2 rings (SSSR count). The zero-order valence-electron chi connectivity index (χ0n) is 12.3. The van der Waals surface area contributed by atoms with Gasteiger partial charge in [-0.05, 0) is 31.6 Å². The second-order valence-corrected chi connectivity index (χ2v) is 7.80. The number of hydrogen-bond donors (Lipinski definition) is 1. The van der Waals surface area contributed by atoms with Crippen LogP contribution in [0.3, 0.4) is 0 Å². The molecule has 3 atom stereocenters. The van der Waals surface area contributed by atoms with Crippen LogP contribution in [0.1, 0.15) is 46.5 Å². The maximum absolute atomic E-state index is 6.25. The lowest BCUT2D eigenvalue weighted by Gasteiger charge is -2.52. The average Bonchev–Trinajstić information content (AvgIpc) is 2.39. The van der Waals surface area contributed by atoms with Crippen molar-refractivity contribution in [3.8, 4) is 0 Å².